The SMILES string of the molecule is Cc1cc(C(=O)NCCNC(=O)c2cc(F)c(N3CCC(CC(=O)O)CC3)c(F)c2)ccc1Cl. The minimum Gasteiger partial charge on any atom is -0.481 e. The first-order chi connectivity index (χ1) is 16.2. The number of aliphatic carboxylic acids is 1. The molecular weight excluding hydrogens is 468 g/mol. The molecule has 0 aliphatic carbocycles. The van der Waals surface area contributed by atoms with Gasteiger partial charge in [-0.3, -0.25) is 14.4 Å². The van der Waals surface area contributed by atoms with Gasteiger partial charge < -0.3 is 20.6 Å². The number of amides is 2. The average Bonchev–Trinajstić information content (AvgIpc) is 2.78. The van der Waals surface area contributed by atoms with Gasteiger partial charge in [0.05, 0.1) is 0 Å². The fourth-order valence-electron chi connectivity index (χ4n) is 3.95. The Labute approximate surface area is 201 Å². The van der Waals surface area contributed by atoms with E-state index in [4.69, 9.17) is 16.7 Å². The molecule has 0 spiro atoms. The predicted molar refractivity (Wildman–Crippen MR) is 124 cm³/mol. The molecule has 1 aliphatic heterocycles. The lowest BCUT2D eigenvalue weighted by molar-refractivity contribution is -0.138. The second-order valence-electron chi connectivity index (χ2n) is 8.29. The van der Waals surface area contributed by atoms with Crippen molar-refractivity contribution in [3.8, 4) is 0 Å². The smallest absolute Gasteiger partial charge is 0.303 e. The Morgan fingerprint density at radius 1 is 1.00 bits per heavy atom. The predicted octanol–water partition coefficient (Wildman–Crippen LogP) is 3.78. The summed E-state index contributed by atoms with van der Waals surface area (Å²) < 4.78 is 29.4. The van der Waals surface area contributed by atoms with E-state index in [0.29, 0.717) is 36.5 Å². The van der Waals surface area contributed by atoms with Crippen LogP contribution >= 0.6 is 11.6 Å². The molecule has 182 valence electrons. The lowest BCUT2D eigenvalue weighted by Gasteiger charge is -2.33. The molecule has 0 atom stereocenters. The summed E-state index contributed by atoms with van der Waals surface area (Å²) in [6.45, 7) is 2.65. The zero-order valence-electron chi connectivity index (χ0n) is 18.7. The molecule has 2 aromatic carbocycles. The number of hydrogen-bond donors (Lipinski definition) is 3. The van der Waals surface area contributed by atoms with Crippen molar-refractivity contribution >= 4 is 35.1 Å². The van der Waals surface area contributed by atoms with Crippen LogP contribution < -0.4 is 15.5 Å². The summed E-state index contributed by atoms with van der Waals surface area (Å²) in [6, 6.07) is 6.82. The molecule has 1 heterocycles. The Balaban J connectivity index is 1.52. The maximum atomic E-state index is 14.7. The van der Waals surface area contributed by atoms with Crippen molar-refractivity contribution in [2.45, 2.75) is 26.2 Å². The molecule has 0 saturated carbocycles. The van der Waals surface area contributed by atoms with Crippen molar-refractivity contribution in [3.05, 3.63) is 63.7 Å². The average molecular weight is 494 g/mol. The van der Waals surface area contributed by atoms with Crippen LogP contribution in [0.5, 0.6) is 0 Å². The van der Waals surface area contributed by atoms with Crippen LogP contribution in [0.1, 0.15) is 45.5 Å². The molecule has 3 N–H and O–H groups in total. The molecule has 1 saturated heterocycles. The Morgan fingerprint density at radius 2 is 1.56 bits per heavy atom. The van der Waals surface area contributed by atoms with E-state index in [0.717, 1.165) is 17.7 Å². The first-order valence-electron chi connectivity index (χ1n) is 10.9. The molecule has 7 nitrogen and oxygen atoms in total. The van der Waals surface area contributed by atoms with Crippen LogP contribution in [0.3, 0.4) is 0 Å². The highest BCUT2D eigenvalue weighted by Gasteiger charge is 2.26. The van der Waals surface area contributed by atoms with Crippen molar-refractivity contribution in [2.75, 3.05) is 31.1 Å². The van der Waals surface area contributed by atoms with E-state index >= 15 is 0 Å². The fraction of sp³-hybridized carbons (Fsp3) is 0.375. The lowest BCUT2D eigenvalue weighted by atomic mass is 9.93. The van der Waals surface area contributed by atoms with Crippen molar-refractivity contribution < 1.29 is 28.3 Å². The summed E-state index contributed by atoms with van der Waals surface area (Å²) in [6.07, 6.45) is 1.08. The van der Waals surface area contributed by atoms with E-state index in [-0.39, 0.29) is 42.6 Å². The van der Waals surface area contributed by atoms with Crippen LogP contribution in [-0.2, 0) is 4.79 Å². The normalized spacial score (nSPS) is 14.1. The van der Waals surface area contributed by atoms with Crippen molar-refractivity contribution in [2.24, 2.45) is 5.92 Å². The minimum absolute atomic E-state index is 0.0193. The summed E-state index contributed by atoms with van der Waals surface area (Å²) in [5.74, 6) is -3.61. The largest absolute Gasteiger partial charge is 0.481 e. The zero-order chi connectivity index (χ0) is 24.8. The minimum atomic E-state index is -0.884. The molecule has 1 fully saturated rings. The molecule has 34 heavy (non-hydrogen) atoms. The van der Waals surface area contributed by atoms with Gasteiger partial charge in [0.25, 0.3) is 11.8 Å². The van der Waals surface area contributed by atoms with E-state index in [1.165, 1.54) is 0 Å². The Morgan fingerprint density at radius 3 is 2.09 bits per heavy atom. The highest BCUT2D eigenvalue weighted by Crippen LogP contribution is 2.30. The highest BCUT2D eigenvalue weighted by molar-refractivity contribution is 6.31. The number of aryl methyl sites for hydroxylation is 1. The van der Waals surface area contributed by atoms with Gasteiger partial charge in [-0.15, -0.1) is 0 Å². The van der Waals surface area contributed by atoms with Gasteiger partial charge in [0, 0.05) is 48.7 Å². The Bertz CT molecular complexity index is 1060. The zero-order valence-corrected chi connectivity index (χ0v) is 19.4. The van der Waals surface area contributed by atoms with Crippen LogP contribution in [-0.4, -0.2) is 49.1 Å². The second-order valence-corrected chi connectivity index (χ2v) is 8.70. The van der Waals surface area contributed by atoms with Crippen LogP contribution in [0, 0.1) is 24.5 Å². The van der Waals surface area contributed by atoms with E-state index in [9.17, 15) is 23.2 Å². The summed E-state index contributed by atoms with van der Waals surface area (Å²) in [5, 5.41) is 14.6. The third-order valence-corrected chi connectivity index (χ3v) is 6.21. The van der Waals surface area contributed by atoms with E-state index in [1.54, 1.807) is 30.0 Å². The van der Waals surface area contributed by atoms with E-state index in [1.807, 2.05) is 0 Å². The number of hydrogen-bond acceptors (Lipinski definition) is 4. The lowest BCUT2D eigenvalue weighted by Crippen LogP contribution is -2.36. The highest BCUT2D eigenvalue weighted by atomic mass is 35.5. The summed E-state index contributed by atoms with van der Waals surface area (Å²) >= 11 is 5.95. The number of halogens is 3. The van der Waals surface area contributed by atoms with Crippen molar-refractivity contribution in [3.63, 3.8) is 0 Å². The first-order valence-corrected chi connectivity index (χ1v) is 11.3. The summed E-state index contributed by atoms with van der Waals surface area (Å²) in [7, 11) is 0. The molecular formula is C24H26ClF2N3O4. The van der Waals surface area contributed by atoms with Gasteiger partial charge in [-0.1, -0.05) is 11.6 Å². The van der Waals surface area contributed by atoms with E-state index < -0.39 is 23.5 Å². The van der Waals surface area contributed by atoms with Gasteiger partial charge in [0.2, 0.25) is 0 Å². The molecule has 0 radical (unpaired) electrons. The van der Waals surface area contributed by atoms with Crippen LogP contribution in [0.4, 0.5) is 14.5 Å². The molecule has 0 bridgehead atoms. The molecule has 1 aliphatic rings. The number of piperidine rings is 1. The number of carboxylic acid groups (broad SMARTS) is 1. The standard InChI is InChI=1S/C24H26ClF2N3O4/c1-14-10-16(2-3-18(14)25)23(33)28-6-7-29-24(34)17-12-19(26)22(20(27)13-17)30-8-4-15(5-9-30)11-21(31)32/h2-3,10,12-13,15H,4-9,11H2,1H3,(H,28,33)(H,29,34)(H,31,32). The Hall–Kier alpha value is -3.20. The number of rotatable bonds is 8. The van der Waals surface area contributed by atoms with Crippen LogP contribution in [0.15, 0.2) is 30.3 Å². The number of carbonyl (C=O) groups is 3. The number of nitrogens with one attached hydrogen (secondary N) is 2. The summed E-state index contributed by atoms with van der Waals surface area (Å²) in [5.41, 5.74) is 0.815. The second kappa shape index (κ2) is 11.3. The van der Waals surface area contributed by atoms with Crippen LogP contribution in [0.2, 0.25) is 5.02 Å². The molecule has 0 aromatic heterocycles. The third kappa shape index (κ3) is 6.44. The van der Waals surface area contributed by atoms with E-state index in [2.05, 4.69) is 10.6 Å². The molecule has 2 aromatic rings. The maximum absolute atomic E-state index is 14.7. The van der Waals surface area contributed by atoms with Gasteiger partial charge in [0.15, 0.2) is 0 Å². The van der Waals surface area contributed by atoms with Crippen molar-refractivity contribution in [1.29, 1.82) is 0 Å². The maximum Gasteiger partial charge on any atom is 0.303 e. The van der Waals surface area contributed by atoms with Gasteiger partial charge in [-0.05, 0) is 61.6 Å². The topological polar surface area (TPSA) is 98.7 Å². The van der Waals surface area contributed by atoms with Gasteiger partial charge in [-0.2, -0.15) is 0 Å². The number of carboxylic acids is 1. The Kier molecular flexibility index (Phi) is 8.44. The number of nitrogens with zero attached hydrogens (tertiary/aromatic N) is 1. The molecule has 3 rings (SSSR count). The third-order valence-electron chi connectivity index (χ3n) is 5.79. The molecule has 2 amide bonds. The fourth-order valence-corrected chi connectivity index (χ4v) is 4.07. The number of benzene rings is 2. The monoisotopic (exact) mass is 493 g/mol. The number of anilines is 1. The summed E-state index contributed by atoms with van der Waals surface area (Å²) in [4.78, 5) is 36.9. The van der Waals surface area contributed by atoms with Gasteiger partial charge in [-0.25, -0.2) is 8.78 Å². The van der Waals surface area contributed by atoms with Crippen LogP contribution in [0.25, 0.3) is 0 Å². The first kappa shape index (κ1) is 25.4. The van der Waals surface area contributed by atoms with Gasteiger partial charge >= 0.3 is 5.97 Å². The quantitative estimate of drug-likeness (QED) is 0.486. The molecule has 0 unspecified atom stereocenters. The van der Waals surface area contributed by atoms with Gasteiger partial charge in [0.1, 0.15) is 17.3 Å². The van der Waals surface area contributed by atoms with Crippen molar-refractivity contribution in [1.82, 2.24) is 10.6 Å². The number of carbonyl (C=O) groups excluding carboxylic acids is 2. The molecule has 10 heteroatoms.